The fourth-order valence-corrected chi connectivity index (χ4v) is 5.26. The van der Waals surface area contributed by atoms with Gasteiger partial charge >= 0.3 is 0 Å². The maximum absolute atomic E-state index is 13.5. The molecule has 1 amide bonds. The number of rotatable bonds is 4. The van der Waals surface area contributed by atoms with Gasteiger partial charge in [-0.15, -0.1) is 5.10 Å². The van der Waals surface area contributed by atoms with E-state index in [1.165, 1.54) is 18.6 Å². The second-order valence-electron chi connectivity index (χ2n) is 9.21. The molecule has 33 heavy (non-hydrogen) atoms. The second-order valence-corrected chi connectivity index (χ2v) is 9.21. The van der Waals surface area contributed by atoms with Gasteiger partial charge in [-0.3, -0.25) is 4.79 Å². The Morgan fingerprint density at radius 1 is 1.00 bits per heavy atom. The van der Waals surface area contributed by atoms with Crippen LogP contribution in [0, 0.1) is 11.7 Å². The average Bonchev–Trinajstić information content (AvgIpc) is 3.35. The van der Waals surface area contributed by atoms with Crippen LogP contribution in [0.2, 0.25) is 0 Å². The molecule has 7 heteroatoms. The first-order chi connectivity index (χ1) is 16.1. The minimum Gasteiger partial charge on any atom is -0.389 e. The van der Waals surface area contributed by atoms with Gasteiger partial charge in [0.25, 0.3) is 0 Å². The number of halogens is 1. The molecule has 2 aliphatic rings. The molecule has 0 spiro atoms. The molecule has 3 aromatic rings. The van der Waals surface area contributed by atoms with Gasteiger partial charge in [-0.25, -0.2) is 9.07 Å². The van der Waals surface area contributed by atoms with Crippen LogP contribution in [0.1, 0.15) is 56.2 Å². The molecule has 2 aromatic carbocycles. The molecule has 0 bridgehead atoms. The van der Waals surface area contributed by atoms with E-state index in [9.17, 15) is 14.3 Å². The molecule has 0 unspecified atom stereocenters. The number of hydrogen-bond donors (Lipinski definition) is 1. The number of aromatic nitrogens is 3. The van der Waals surface area contributed by atoms with Crippen LogP contribution in [0.3, 0.4) is 0 Å². The molecule has 3 atom stereocenters. The minimum atomic E-state index is -0.750. The molecule has 2 heterocycles. The number of aliphatic hydroxyl groups excluding tert-OH is 1. The fraction of sp³-hybridized carbons (Fsp3) is 0.423. The predicted octanol–water partition coefficient (Wildman–Crippen LogP) is 4.54. The van der Waals surface area contributed by atoms with Crippen LogP contribution in [0.5, 0.6) is 0 Å². The van der Waals surface area contributed by atoms with E-state index >= 15 is 0 Å². The molecule has 1 aliphatic carbocycles. The Labute approximate surface area is 193 Å². The maximum atomic E-state index is 13.5. The first-order valence-corrected chi connectivity index (χ1v) is 11.8. The fourth-order valence-electron chi connectivity index (χ4n) is 5.26. The Morgan fingerprint density at radius 3 is 2.45 bits per heavy atom. The summed E-state index contributed by atoms with van der Waals surface area (Å²) in [6.07, 6.45) is 6.84. The van der Waals surface area contributed by atoms with Gasteiger partial charge in [-0.05, 0) is 49.1 Å². The molecule has 5 rings (SSSR count). The highest BCUT2D eigenvalue weighted by atomic mass is 19.1. The van der Waals surface area contributed by atoms with E-state index in [0.29, 0.717) is 12.1 Å². The number of piperidine rings is 1. The second kappa shape index (κ2) is 9.43. The van der Waals surface area contributed by atoms with Gasteiger partial charge in [-0.1, -0.05) is 54.8 Å². The van der Waals surface area contributed by atoms with Crippen molar-refractivity contribution in [1.82, 2.24) is 19.9 Å². The van der Waals surface area contributed by atoms with Crippen molar-refractivity contribution < 1.29 is 14.3 Å². The summed E-state index contributed by atoms with van der Waals surface area (Å²) in [6, 6.07) is 15.7. The lowest BCUT2D eigenvalue weighted by molar-refractivity contribution is -0.145. The molecule has 2 fully saturated rings. The minimum absolute atomic E-state index is 0.0464. The van der Waals surface area contributed by atoms with E-state index in [0.717, 1.165) is 36.8 Å². The van der Waals surface area contributed by atoms with Crippen LogP contribution in [0.4, 0.5) is 4.39 Å². The van der Waals surface area contributed by atoms with Crippen molar-refractivity contribution in [1.29, 1.82) is 0 Å². The molecule has 1 saturated heterocycles. The van der Waals surface area contributed by atoms with E-state index in [1.54, 1.807) is 23.0 Å². The topological polar surface area (TPSA) is 71.2 Å². The van der Waals surface area contributed by atoms with Crippen LogP contribution in [0.25, 0.3) is 11.3 Å². The number of hydrogen-bond acceptors (Lipinski definition) is 4. The zero-order valence-electron chi connectivity index (χ0n) is 18.6. The van der Waals surface area contributed by atoms with Crippen LogP contribution in [-0.2, 0) is 4.79 Å². The summed E-state index contributed by atoms with van der Waals surface area (Å²) in [5.74, 6) is -0.0981. The van der Waals surface area contributed by atoms with E-state index in [1.807, 2.05) is 35.2 Å². The molecule has 1 saturated carbocycles. The van der Waals surface area contributed by atoms with Gasteiger partial charge in [0.05, 0.1) is 24.4 Å². The number of carbonyl (C=O) groups excluding carboxylic acids is 1. The summed E-state index contributed by atoms with van der Waals surface area (Å²) >= 11 is 0. The van der Waals surface area contributed by atoms with Crippen LogP contribution in [-0.4, -0.2) is 43.6 Å². The summed E-state index contributed by atoms with van der Waals surface area (Å²) in [6.45, 7) is 0.269. The van der Waals surface area contributed by atoms with Gasteiger partial charge < -0.3 is 10.0 Å². The van der Waals surface area contributed by atoms with E-state index in [4.69, 9.17) is 0 Å². The number of likely N-dealkylation sites (tertiary alicyclic amines) is 1. The summed E-state index contributed by atoms with van der Waals surface area (Å²) in [5, 5.41) is 19.6. The molecule has 172 valence electrons. The quantitative estimate of drug-likeness (QED) is 0.636. The lowest BCUT2D eigenvalue weighted by Gasteiger charge is -2.44. The highest BCUT2D eigenvalue weighted by molar-refractivity contribution is 5.79. The number of aliphatic hydroxyl groups is 1. The van der Waals surface area contributed by atoms with Gasteiger partial charge in [-0.2, -0.15) is 0 Å². The van der Waals surface area contributed by atoms with Crippen LogP contribution < -0.4 is 0 Å². The first-order valence-electron chi connectivity index (χ1n) is 11.8. The third-order valence-corrected chi connectivity index (χ3v) is 7.08. The Hall–Kier alpha value is -3.06. The number of amides is 1. The third-order valence-electron chi connectivity index (χ3n) is 7.08. The summed E-state index contributed by atoms with van der Waals surface area (Å²) in [7, 11) is 0. The maximum Gasteiger partial charge on any atom is 0.226 e. The Kier molecular flexibility index (Phi) is 6.22. The smallest absolute Gasteiger partial charge is 0.226 e. The summed E-state index contributed by atoms with van der Waals surface area (Å²) < 4.78 is 15.0. The molecule has 0 radical (unpaired) electrons. The highest BCUT2D eigenvalue weighted by Crippen LogP contribution is 2.39. The van der Waals surface area contributed by atoms with Crippen molar-refractivity contribution in [2.24, 2.45) is 5.92 Å². The van der Waals surface area contributed by atoms with E-state index in [2.05, 4.69) is 10.3 Å². The molecule has 1 aliphatic heterocycles. The van der Waals surface area contributed by atoms with Crippen molar-refractivity contribution in [2.75, 3.05) is 6.54 Å². The highest BCUT2D eigenvalue weighted by Gasteiger charge is 2.41. The van der Waals surface area contributed by atoms with E-state index in [-0.39, 0.29) is 36.3 Å². The number of carbonyl (C=O) groups is 1. The molecule has 6 nitrogen and oxygen atoms in total. The lowest BCUT2D eigenvalue weighted by atomic mass is 9.85. The van der Waals surface area contributed by atoms with Gasteiger partial charge in [0.15, 0.2) is 0 Å². The lowest BCUT2D eigenvalue weighted by Crippen LogP contribution is -2.51. The third kappa shape index (κ3) is 4.55. The van der Waals surface area contributed by atoms with Gasteiger partial charge in [0.1, 0.15) is 11.5 Å². The van der Waals surface area contributed by atoms with Crippen molar-refractivity contribution in [3.05, 3.63) is 72.2 Å². The van der Waals surface area contributed by atoms with Crippen molar-refractivity contribution in [3.63, 3.8) is 0 Å². The van der Waals surface area contributed by atoms with E-state index < -0.39 is 6.10 Å². The number of β-amino-alcohol motifs (C(OH)–C–C–N with tert-alkyl or cyclic N) is 1. The SMILES string of the molecule is O=C(C1CCCCC1)N1C[C@H](O)[C@@H](n2cc(-c3ccc(F)cc3)nn2)C[C@@H]1c1ccccc1. The zero-order chi connectivity index (χ0) is 22.8. The van der Waals surface area contributed by atoms with Crippen molar-refractivity contribution in [3.8, 4) is 11.3 Å². The normalized spacial score (nSPS) is 24.1. The van der Waals surface area contributed by atoms with Crippen molar-refractivity contribution in [2.45, 2.75) is 56.7 Å². The molecule has 1 aromatic heterocycles. The monoisotopic (exact) mass is 448 g/mol. The molecule has 1 N–H and O–H groups in total. The first kappa shape index (κ1) is 21.8. The molecular formula is C26H29FN4O2. The zero-order valence-corrected chi connectivity index (χ0v) is 18.6. The Morgan fingerprint density at radius 2 is 1.73 bits per heavy atom. The van der Waals surface area contributed by atoms with Gasteiger partial charge in [0, 0.05) is 18.0 Å². The summed E-state index contributed by atoms with van der Waals surface area (Å²) in [4.78, 5) is 15.4. The largest absolute Gasteiger partial charge is 0.389 e. The predicted molar refractivity (Wildman–Crippen MR) is 123 cm³/mol. The summed E-state index contributed by atoms with van der Waals surface area (Å²) in [5.41, 5.74) is 2.46. The average molecular weight is 449 g/mol. The van der Waals surface area contributed by atoms with Crippen LogP contribution >= 0.6 is 0 Å². The Balaban J connectivity index is 1.42. The number of nitrogens with zero attached hydrogens (tertiary/aromatic N) is 4. The van der Waals surface area contributed by atoms with Crippen molar-refractivity contribution >= 4 is 5.91 Å². The van der Waals surface area contributed by atoms with Gasteiger partial charge in [0.2, 0.25) is 5.91 Å². The standard InChI is InChI=1S/C26H29FN4O2/c27-21-13-11-18(12-14-21)22-16-31(29-28-22)24-15-23(19-7-3-1-4-8-19)30(17-25(24)32)26(33)20-9-5-2-6-10-20/h1,3-4,7-8,11-14,16,20,23-25,32H,2,5-6,9-10,15,17H2/t23-,24+,25+/m1/s1. The Bertz CT molecular complexity index is 1080. The molecular weight excluding hydrogens is 419 g/mol. The van der Waals surface area contributed by atoms with Crippen LogP contribution in [0.15, 0.2) is 60.8 Å². The number of benzene rings is 2.